The van der Waals surface area contributed by atoms with Crippen LogP contribution in [0.3, 0.4) is 0 Å². The lowest BCUT2D eigenvalue weighted by Crippen LogP contribution is -2.31. The number of hydrogen-bond donors (Lipinski definition) is 0. The zero-order valence-corrected chi connectivity index (χ0v) is 18.0. The summed E-state index contributed by atoms with van der Waals surface area (Å²) in [6.45, 7) is 9.17. The van der Waals surface area contributed by atoms with E-state index in [9.17, 15) is 0 Å². The Morgan fingerprint density at radius 2 is 1.52 bits per heavy atom. The van der Waals surface area contributed by atoms with Crippen LogP contribution < -0.4 is 4.57 Å². The predicted octanol–water partition coefficient (Wildman–Crippen LogP) is 6.88. The highest BCUT2D eigenvalue weighted by molar-refractivity contribution is 6.18. The Morgan fingerprint density at radius 1 is 0.793 bits per heavy atom. The number of benzene rings is 3. The quantitative estimate of drug-likeness (QED) is 0.295. The summed E-state index contributed by atoms with van der Waals surface area (Å²) in [6.07, 6.45) is 3.29. The van der Waals surface area contributed by atoms with Crippen LogP contribution in [-0.4, -0.2) is 0 Å². The fourth-order valence-electron chi connectivity index (χ4n) is 4.90. The molecule has 0 spiro atoms. The number of aromatic nitrogens is 1. The van der Waals surface area contributed by atoms with Crippen molar-refractivity contribution in [3.05, 3.63) is 78.0 Å². The van der Waals surface area contributed by atoms with Gasteiger partial charge in [0.1, 0.15) is 7.05 Å². The van der Waals surface area contributed by atoms with E-state index in [0.29, 0.717) is 0 Å². The van der Waals surface area contributed by atoms with Crippen molar-refractivity contribution in [1.29, 1.82) is 0 Å². The van der Waals surface area contributed by atoms with Crippen LogP contribution in [0.4, 0.5) is 0 Å². The van der Waals surface area contributed by atoms with Crippen LogP contribution >= 0.6 is 0 Å². The number of aryl methyl sites for hydroxylation is 2. The van der Waals surface area contributed by atoms with E-state index in [4.69, 9.17) is 0 Å². The fraction of sp³-hybridized carbons (Fsp3) is 0.250. The predicted molar refractivity (Wildman–Crippen MR) is 123 cm³/mol. The van der Waals surface area contributed by atoms with Gasteiger partial charge in [-0.2, -0.15) is 0 Å². The average Bonchev–Trinajstić information content (AvgIpc) is 2.99. The van der Waals surface area contributed by atoms with Crippen LogP contribution in [0.5, 0.6) is 0 Å². The van der Waals surface area contributed by atoms with E-state index in [-0.39, 0.29) is 5.41 Å². The van der Waals surface area contributed by atoms with Gasteiger partial charge in [-0.15, -0.1) is 0 Å². The summed E-state index contributed by atoms with van der Waals surface area (Å²) in [6, 6.07) is 22.7. The molecule has 1 heterocycles. The fourth-order valence-corrected chi connectivity index (χ4v) is 4.90. The second-order valence-electron chi connectivity index (χ2n) is 9.66. The van der Waals surface area contributed by atoms with Gasteiger partial charge in [-0.05, 0) is 57.3 Å². The van der Waals surface area contributed by atoms with Gasteiger partial charge in [0.05, 0.1) is 5.56 Å². The smallest absolute Gasteiger partial charge is 0.201 e. The van der Waals surface area contributed by atoms with Crippen molar-refractivity contribution in [2.75, 3.05) is 0 Å². The lowest BCUT2D eigenvalue weighted by Gasteiger charge is -2.18. The van der Waals surface area contributed by atoms with Gasteiger partial charge in [0.2, 0.25) is 5.69 Å². The third-order valence-electron chi connectivity index (χ3n) is 6.08. The monoisotopic (exact) mass is 378 g/mol. The van der Waals surface area contributed by atoms with Gasteiger partial charge in [-0.25, -0.2) is 4.57 Å². The molecule has 0 bridgehead atoms. The molecule has 3 aromatic carbocycles. The van der Waals surface area contributed by atoms with Crippen molar-refractivity contribution in [3.8, 4) is 33.5 Å². The lowest BCUT2D eigenvalue weighted by atomic mass is 9.87. The molecule has 5 rings (SSSR count). The molecule has 0 N–H and O–H groups in total. The first kappa shape index (κ1) is 18.1. The lowest BCUT2D eigenvalue weighted by molar-refractivity contribution is -0.660. The van der Waals surface area contributed by atoms with Gasteiger partial charge in [-0.1, -0.05) is 69.3 Å². The Morgan fingerprint density at radius 3 is 2.24 bits per heavy atom. The average molecular weight is 379 g/mol. The van der Waals surface area contributed by atoms with E-state index < -0.39 is 0 Å². The van der Waals surface area contributed by atoms with Crippen LogP contribution in [0.1, 0.15) is 31.9 Å². The topological polar surface area (TPSA) is 3.88 Å². The zero-order chi connectivity index (χ0) is 20.3. The van der Waals surface area contributed by atoms with Gasteiger partial charge in [0, 0.05) is 17.7 Å². The molecule has 0 fully saturated rings. The molecule has 0 amide bonds. The number of hydrogen-bond acceptors (Lipinski definition) is 0. The summed E-state index contributed by atoms with van der Waals surface area (Å²) in [5, 5.41) is 2.72. The Labute approximate surface area is 173 Å². The standard InChI is InChI=1S/C28H28N/c1-18-12-13-22-21-10-6-8-20-9-7-11-23(26(20)21)27(22)25(18)24-16-19(14-15-29(24)5)17-28(2,3)4/h6-16H,17H2,1-5H3/q+1. The molecule has 1 heteroatoms. The molecule has 29 heavy (non-hydrogen) atoms. The summed E-state index contributed by atoms with van der Waals surface area (Å²) in [7, 11) is 2.16. The summed E-state index contributed by atoms with van der Waals surface area (Å²) >= 11 is 0. The molecule has 0 saturated carbocycles. The van der Waals surface area contributed by atoms with E-state index in [2.05, 4.69) is 106 Å². The molecular formula is C28H28N+. The van der Waals surface area contributed by atoms with Crippen LogP contribution in [0.15, 0.2) is 66.9 Å². The number of fused-ring (bicyclic) bond motifs is 3. The molecule has 0 unspecified atom stereocenters. The minimum Gasteiger partial charge on any atom is -0.201 e. The van der Waals surface area contributed by atoms with Crippen LogP contribution in [0.25, 0.3) is 44.3 Å². The van der Waals surface area contributed by atoms with E-state index >= 15 is 0 Å². The van der Waals surface area contributed by atoms with Crippen molar-refractivity contribution in [2.24, 2.45) is 12.5 Å². The van der Waals surface area contributed by atoms with Crippen molar-refractivity contribution >= 4 is 10.8 Å². The Bertz CT molecular complexity index is 1270. The molecular weight excluding hydrogens is 350 g/mol. The summed E-state index contributed by atoms with van der Waals surface area (Å²) in [5.74, 6) is 0. The first-order chi connectivity index (χ1) is 13.8. The highest BCUT2D eigenvalue weighted by Crippen LogP contribution is 2.51. The SMILES string of the molecule is Cc1ccc2c(c1-c1cc(CC(C)(C)C)cc[n+]1C)-c1cccc3cccc-2c13. The van der Waals surface area contributed by atoms with E-state index in [1.54, 1.807) is 0 Å². The molecule has 0 atom stereocenters. The summed E-state index contributed by atoms with van der Waals surface area (Å²) in [5.41, 5.74) is 11.1. The van der Waals surface area contributed by atoms with Crippen LogP contribution in [0.2, 0.25) is 0 Å². The first-order valence-electron chi connectivity index (χ1n) is 10.5. The molecule has 0 aliphatic heterocycles. The van der Waals surface area contributed by atoms with Crippen molar-refractivity contribution in [2.45, 2.75) is 34.1 Å². The van der Waals surface area contributed by atoms with Crippen LogP contribution in [-0.2, 0) is 13.5 Å². The Kier molecular flexibility index (Phi) is 3.93. The Balaban J connectivity index is 1.81. The number of nitrogens with zero attached hydrogens (tertiary/aromatic N) is 1. The highest BCUT2D eigenvalue weighted by Gasteiger charge is 2.28. The maximum Gasteiger partial charge on any atom is 0.213 e. The molecule has 1 aromatic heterocycles. The van der Waals surface area contributed by atoms with Gasteiger partial charge < -0.3 is 0 Å². The molecule has 1 aliphatic carbocycles. The third-order valence-corrected chi connectivity index (χ3v) is 6.08. The van der Waals surface area contributed by atoms with Crippen molar-refractivity contribution in [3.63, 3.8) is 0 Å². The van der Waals surface area contributed by atoms with Crippen molar-refractivity contribution < 1.29 is 4.57 Å². The third kappa shape index (κ3) is 2.88. The molecule has 4 aromatic rings. The molecule has 144 valence electrons. The first-order valence-corrected chi connectivity index (χ1v) is 10.5. The molecule has 1 nitrogen and oxygen atoms in total. The normalized spacial score (nSPS) is 12.4. The van der Waals surface area contributed by atoms with E-state index in [0.717, 1.165) is 6.42 Å². The minimum absolute atomic E-state index is 0.271. The second kappa shape index (κ2) is 6.29. The van der Waals surface area contributed by atoms with Gasteiger partial charge >= 0.3 is 0 Å². The maximum atomic E-state index is 2.40. The summed E-state index contributed by atoms with van der Waals surface area (Å²) < 4.78 is 2.28. The van der Waals surface area contributed by atoms with Crippen molar-refractivity contribution in [1.82, 2.24) is 0 Å². The van der Waals surface area contributed by atoms with Crippen LogP contribution in [0, 0.1) is 12.3 Å². The molecule has 0 radical (unpaired) electrons. The zero-order valence-electron chi connectivity index (χ0n) is 18.0. The summed E-state index contributed by atoms with van der Waals surface area (Å²) in [4.78, 5) is 0. The largest absolute Gasteiger partial charge is 0.213 e. The van der Waals surface area contributed by atoms with Gasteiger partial charge in [0.25, 0.3) is 0 Å². The maximum absolute atomic E-state index is 2.40. The molecule has 0 saturated heterocycles. The van der Waals surface area contributed by atoms with Gasteiger partial charge in [0.15, 0.2) is 6.20 Å². The number of rotatable bonds is 2. The van der Waals surface area contributed by atoms with E-state index in [1.165, 1.54) is 55.4 Å². The number of pyridine rings is 1. The van der Waals surface area contributed by atoms with E-state index in [1.807, 2.05) is 0 Å². The minimum atomic E-state index is 0.271. The Hall–Kier alpha value is -2.93. The highest BCUT2D eigenvalue weighted by atomic mass is 14.9. The van der Waals surface area contributed by atoms with Gasteiger partial charge in [-0.3, -0.25) is 0 Å². The second-order valence-corrected chi connectivity index (χ2v) is 9.66. The molecule has 1 aliphatic rings.